The summed E-state index contributed by atoms with van der Waals surface area (Å²) in [5, 5.41) is 2.88. The number of hydrogen-bond acceptors (Lipinski definition) is 6. The van der Waals surface area contributed by atoms with Crippen molar-refractivity contribution in [1.82, 2.24) is 10.2 Å². The van der Waals surface area contributed by atoms with Gasteiger partial charge in [0.05, 0.1) is 24.8 Å². The van der Waals surface area contributed by atoms with Gasteiger partial charge in [0.25, 0.3) is 10.0 Å². The van der Waals surface area contributed by atoms with Crippen molar-refractivity contribution in [3.63, 3.8) is 0 Å². The molecular weight excluding hydrogens is 610 g/mol. The number of sulfonamides is 1. The molecule has 1 N–H and O–H groups in total. The van der Waals surface area contributed by atoms with Crippen molar-refractivity contribution in [3.05, 3.63) is 82.8 Å². The molecule has 0 unspecified atom stereocenters. The maximum atomic E-state index is 14.0. The minimum atomic E-state index is -4.24. The standard InChI is InChI=1S/C30H36BrN3O6S/c1-21(2)18-32-30(36)22(3)33(19-23-11-13-24(31)14-12-23)29(35)20-34(25-9-7-6-8-10-25)41(37,38)26-15-16-27(39-4)28(17-26)40-5/h6-17,21-22H,18-20H2,1-5H3,(H,32,36)/t22-/m0/s1. The first-order valence-corrected chi connectivity index (χ1v) is 15.3. The number of carbonyl (C=O) groups excluding carboxylic acids is 2. The molecule has 9 nitrogen and oxygen atoms in total. The molecule has 3 rings (SSSR count). The monoisotopic (exact) mass is 645 g/mol. The number of hydrogen-bond donors (Lipinski definition) is 1. The topological polar surface area (TPSA) is 105 Å². The molecule has 11 heteroatoms. The highest BCUT2D eigenvalue weighted by Crippen LogP contribution is 2.32. The number of rotatable bonds is 13. The fourth-order valence-corrected chi connectivity index (χ4v) is 5.74. The molecule has 0 fully saturated rings. The van der Waals surface area contributed by atoms with Crippen molar-refractivity contribution >= 4 is 43.5 Å². The zero-order valence-electron chi connectivity index (χ0n) is 23.8. The van der Waals surface area contributed by atoms with E-state index in [4.69, 9.17) is 9.47 Å². The minimum Gasteiger partial charge on any atom is -0.493 e. The number of methoxy groups -OCH3 is 2. The number of anilines is 1. The Balaban J connectivity index is 2.02. The van der Waals surface area contributed by atoms with Gasteiger partial charge in [-0.2, -0.15) is 0 Å². The molecule has 0 saturated heterocycles. The number of benzene rings is 3. The third kappa shape index (κ3) is 8.23. The van der Waals surface area contributed by atoms with E-state index in [1.165, 1.54) is 37.3 Å². The van der Waals surface area contributed by atoms with Gasteiger partial charge < -0.3 is 19.7 Å². The first kappa shape index (κ1) is 32.0. The molecule has 0 aliphatic heterocycles. The lowest BCUT2D eigenvalue weighted by molar-refractivity contribution is -0.139. The van der Waals surface area contributed by atoms with Crippen LogP contribution in [0, 0.1) is 5.92 Å². The van der Waals surface area contributed by atoms with E-state index in [9.17, 15) is 18.0 Å². The van der Waals surface area contributed by atoms with Crippen LogP contribution in [0.25, 0.3) is 0 Å². The summed E-state index contributed by atoms with van der Waals surface area (Å²) in [7, 11) is -1.37. The lowest BCUT2D eigenvalue weighted by Crippen LogP contribution is -2.51. The zero-order chi connectivity index (χ0) is 30.2. The predicted octanol–water partition coefficient (Wildman–Crippen LogP) is 4.85. The summed E-state index contributed by atoms with van der Waals surface area (Å²) in [4.78, 5) is 28.4. The van der Waals surface area contributed by atoms with Crippen LogP contribution in [0.1, 0.15) is 26.3 Å². The second kappa shape index (κ2) is 14.4. The zero-order valence-corrected chi connectivity index (χ0v) is 26.2. The van der Waals surface area contributed by atoms with E-state index in [0.29, 0.717) is 18.0 Å². The molecule has 1 atom stereocenters. The van der Waals surface area contributed by atoms with Crippen LogP contribution in [0.2, 0.25) is 0 Å². The molecule has 3 aromatic carbocycles. The molecule has 2 amide bonds. The Hall–Kier alpha value is -3.57. The van der Waals surface area contributed by atoms with Gasteiger partial charge in [-0.25, -0.2) is 8.42 Å². The summed E-state index contributed by atoms with van der Waals surface area (Å²) in [5.41, 5.74) is 1.09. The molecule has 3 aromatic rings. The van der Waals surface area contributed by atoms with Crippen molar-refractivity contribution in [3.8, 4) is 11.5 Å². The molecule has 0 heterocycles. The van der Waals surface area contributed by atoms with Gasteiger partial charge >= 0.3 is 0 Å². The molecule has 41 heavy (non-hydrogen) atoms. The molecule has 0 aromatic heterocycles. The fraction of sp³-hybridized carbons (Fsp3) is 0.333. The summed E-state index contributed by atoms with van der Waals surface area (Å²) in [5.74, 6) is -0.0240. The van der Waals surface area contributed by atoms with Crippen LogP contribution >= 0.6 is 15.9 Å². The Morgan fingerprint density at radius 2 is 1.54 bits per heavy atom. The number of nitrogens with one attached hydrogen (secondary N) is 1. The van der Waals surface area contributed by atoms with Gasteiger partial charge in [0.1, 0.15) is 12.6 Å². The number of halogens is 1. The fourth-order valence-electron chi connectivity index (χ4n) is 4.05. The van der Waals surface area contributed by atoms with E-state index in [2.05, 4.69) is 21.2 Å². The van der Waals surface area contributed by atoms with Gasteiger partial charge in [-0.1, -0.05) is 60.1 Å². The number of nitrogens with zero attached hydrogens (tertiary/aromatic N) is 2. The van der Waals surface area contributed by atoms with E-state index in [0.717, 1.165) is 14.3 Å². The van der Waals surface area contributed by atoms with Gasteiger partial charge in [-0.3, -0.25) is 13.9 Å². The maximum Gasteiger partial charge on any atom is 0.264 e. The van der Waals surface area contributed by atoms with Crippen molar-refractivity contribution in [2.45, 2.75) is 38.3 Å². The van der Waals surface area contributed by atoms with Crippen molar-refractivity contribution in [1.29, 1.82) is 0 Å². The van der Waals surface area contributed by atoms with Gasteiger partial charge in [-0.05, 0) is 54.8 Å². The number of para-hydroxylation sites is 1. The summed E-state index contributed by atoms with van der Waals surface area (Å²) >= 11 is 3.41. The number of amides is 2. The van der Waals surface area contributed by atoms with Crippen LogP contribution in [0.5, 0.6) is 11.5 Å². The van der Waals surface area contributed by atoms with E-state index in [-0.39, 0.29) is 29.0 Å². The molecule has 0 aliphatic carbocycles. The van der Waals surface area contributed by atoms with Crippen LogP contribution in [0.15, 0.2) is 82.2 Å². The number of carbonyl (C=O) groups is 2. The third-order valence-electron chi connectivity index (χ3n) is 6.38. The van der Waals surface area contributed by atoms with Gasteiger partial charge in [0.15, 0.2) is 11.5 Å². The second-order valence-electron chi connectivity index (χ2n) is 9.83. The minimum absolute atomic E-state index is 0.0750. The lowest BCUT2D eigenvalue weighted by atomic mass is 10.1. The van der Waals surface area contributed by atoms with E-state index >= 15 is 0 Å². The SMILES string of the molecule is COc1ccc(S(=O)(=O)N(CC(=O)N(Cc2ccc(Br)cc2)[C@@H](C)C(=O)NCC(C)C)c2ccccc2)cc1OC. The third-order valence-corrected chi connectivity index (χ3v) is 8.68. The van der Waals surface area contributed by atoms with Crippen LogP contribution in [-0.4, -0.2) is 58.5 Å². The largest absolute Gasteiger partial charge is 0.493 e. The summed E-state index contributed by atoms with van der Waals surface area (Å²) in [6, 6.07) is 19.2. The summed E-state index contributed by atoms with van der Waals surface area (Å²) in [6.07, 6.45) is 0. The smallest absolute Gasteiger partial charge is 0.264 e. The average Bonchev–Trinajstić information content (AvgIpc) is 2.97. The quantitative estimate of drug-likeness (QED) is 0.285. The molecule has 0 spiro atoms. The van der Waals surface area contributed by atoms with Gasteiger partial charge in [-0.15, -0.1) is 0 Å². The van der Waals surface area contributed by atoms with Crippen molar-refractivity contribution < 1.29 is 27.5 Å². The highest BCUT2D eigenvalue weighted by atomic mass is 79.9. The highest BCUT2D eigenvalue weighted by molar-refractivity contribution is 9.10. The molecule has 220 valence electrons. The van der Waals surface area contributed by atoms with Crippen LogP contribution in [0.4, 0.5) is 5.69 Å². The summed E-state index contributed by atoms with van der Waals surface area (Å²) in [6.45, 7) is 5.63. The predicted molar refractivity (Wildman–Crippen MR) is 163 cm³/mol. The normalized spacial score (nSPS) is 12.0. The van der Waals surface area contributed by atoms with Gasteiger partial charge in [0.2, 0.25) is 11.8 Å². The molecule has 0 aliphatic rings. The number of ether oxygens (including phenoxy) is 2. The maximum absolute atomic E-state index is 14.0. The Kier molecular flexibility index (Phi) is 11.2. The van der Waals surface area contributed by atoms with E-state index in [1.54, 1.807) is 37.3 Å². The van der Waals surface area contributed by atoms with Gasteiger partial charge in [0, 0.05) is 23.6 Å². The Bertz CT molecular complexity index is 1430. The highest BCUT2D eigenvalue weighted by Gasteiger charge is 2.33. The van der Waals surface area contributed by atoms with E-state index < -0.39 is 28.5 Å². The first-order chi connectivity index (χ1) is 19.5. The van der Waals surface area contributed by atoms with Crippen LogP contribution in [-0.2, 0) is 26.2 Å². The van der Waals surface area contributed by atoms with Crippen LogP contribution in [0.3, 0.4) is 0 Å². The van der Waals surface area contributed by atoms with Crippen molar-refractivity contribution in [2.24, 2.45) is 5.92 Å². The van der Waals surface area contributed by atoms with Crippen molar-refractivity contribution in [2.75, 3.05) is 31.6 Å². The van der Waals surface area contributed by atoms with E-state index in [1.807, 2.05) is 38.1 Å². The second-order valence-corrected chi connectivity index (χ2v) is 12.6. The first-order valence-electron chi connectivity index (χ1n) is 13.1. The Labute approximate surface area is 250 Å². The molecular formula is C30H36BrN3O6S. The average molecular weight is 647 g/mol. The Morgan fingerprint density at radius 3 is 2.12 bits per heavy atom. The molecule has 0 radical (unpaired) electrons. The Morgan fingerprint density at radius 1 is 0.902 bits per heavy atom. The summed E-state index contributed by atoms with van der Waals surface area (Å²) < 4.78 is 40.5. The van der Waals surface area contributed by atoms with Crippen LogP contribution < -0.4 is 19.1 Å². The molecule has 0 saturated carbocycles. The lowest BCUT2D eigenvalue weighted by Gasteiger charge is -2.32. The molecule has 0 bridgehead atoms.